The van der Waals surface area contributed by atoms with Gasteiger partial charge in [-0.1, -0.05) is 18.2 Å². The Kier molecular flexibility index (Phi) is 5.62. The molecule has 0 spiro atoms. The second kappa shape index (κ2) is 8.08. The van der Waals surface area contributed by atoms with Crippen molar-refractivity contribution in [2.75, 3.05) is 4.72 Å². The number of alkyl halides is 6. The van der Waals surface area contributed by atoms with Gasteiger partial charge < -0.3 is 9.47 Å². The Balaban J connectivity index is 1.64. The molecule has 1 unspecified atom stereocenters. The normalized spacial score (nSPS) is 15.9. The number of fused-ring (bicyclic) bond motifs is 1. The quantitative estimate of drug-likeness (QED) is 0.432. The summed E-state index contributed by atoms with van der Waals surface area (Å²) in [5, 5.41) is 0. The Morgan fingerprint density at radius 3 is 1.88 bits per heavy atom. The molecule has 1 aliphatic heterocycles. The van der Waals surface area contributed by atoms with Crippen LogP contribution in [0, 0.1) is 5.82 Å². The van der Waals surface area contributed by atoms with Crippen LogP contribution >= 0.6 is 0 Å². The number of anilines is 1. The first kappa shape index (κ1) is 23.7. The number of sulfonamides is 1. The van der Waals surface area contributed by atoms with E-state index in [0.717, 1.165) is 6.07 Å². The number of benzene rings is 3. The van der Waals surface area contributed by atoms with Crippen molar-refractivity contribution >= 4 is 15.7 Å². The molecule has 1 N–H and O–H groups in total. The van der Waals surface area contributed by atoms with Crippen molar-refractivity contribution in [1.82, 2.24) is 0 Å². The van der Waals surface area contributed by atoms with E-state index < -0.39 is 51.2 Å². The van der Waals surface area contributed by atoms with Crippen LogP contribution in [0.1, 0.15) is 23.0 Å². The number of nitrogens with one attached hydrogen (secondary N) is 1. The minimum absolute atomic E-state index is 0.00193. The second-order valence-corrected chi connectivity index (χ2v) is 8.76. The van der Waals surface area contributed by atoms with Crippen LogP contribution in [0.25, 0.3) is 0 Å². The summed E-state index contributed by atoms with van der Waals surface area (Å²) in [6.07, 6.45) is -12.6. The van der Waals surface area contributed by atoms with Crippen molar-refractivity contribution in [2.45, 2.75) is 23.5 Å². The van der Waals surface area contributed by atoms with E-state index in [1.54, 1.807) is 6.07 Å². The van der Waals surface area contributed by atoms with Crippen LogP contribution in [0.15, 0.2) is 65.6 Å². The van der Waals surface area contributed by atoms with Gasteiger partial charge in [0, 0.05) is 11.6 Å². The first-order chi connectivity index (χ1) is 15.8. The molecule has 180 valence electrons. The van der Waals surface area contributed by atoms with Gasteiger partial charge in [0.05, 0.1) is 21.7 Å². The number of rotatable bonds is 4. The molecule has 0 saturated heterocycles. The van der Waals surface area contributed by atoms with Gasteiger partial charge in [-0.2, -0.15) is 26.3 Å². The summed E-state index contributed by atoms with van der Waals surface area (Å²) in [5.74, 6) is -2.68. The molecule has 3 aromatic rings. The summed E-state index contributed by atoms with van der Waals surface area (Å²) in [4.78, 5) is -0.0452. The SMILES string of the molecule is O=S(=O)(Nc1ccc2c(c1)OC(c1cc(C(F)(F)F)c(F)c(C(F)(F)F)c1)O2)c1ccccc1. The fourth-order valence-corrected chi connectivity index (χ4v) is 4.23. The Bertz CT molecular complexity index is 1300. The van der Waals surface area contributed by atoms with E-state index in [4.69, 9.17) is 9.47 Å². The lowest BCUT2D eigenvalue weighted by Gasteiger charge is -2.18. The maximum atomic E-state index is 14.0. The van der Waals surface area contributed by atoms with Gasteiger partial charge >= 0.3 is 12.4 Å². The lowest BCUT2D eigenvalue weighted by atomic mass is 10.0. The zero-order chi connectivity index (χ0) is 24.9. The number of ether oxygens (including phenoxy) is 2. The zero-order valence-corrected chi connectivity index (χ0v) is 17.4. The molecule has 1 atom stereocenters. The molecule has 1 aliphatic rings. The number of hydrogen-bond acceptors (Lipinski definition) is 4. The van der Waals surface area contributed by atoms with Crippen LogP contribution in [0.5, 0.6) is 11.5 Å². The van der Waals surface area contributed by atoms with E-state index in [1.165, 1.54) is 36.4 Å². The van der Waals surface area contributed by atoms with Crippen LogP contribution in [0.3, 0.4) is 0 Å². The maximum Gasteiger partial charge on any atom is 0.419 e. The van der Waals surface area contributed by atoms with Crippen LogP contribution in [-0.4, -0.2) is 8.42 Å². The summed E-state index contributed by atoms with van der Waals surface area (Å²) in [6.45, 7) is 0. The fourth-order valence-electron chi connectivity index (χ4n) is 3.16. The third kappa shape index (κ3) is 4.60. The Morgan fingerprint density at radius 2 is 1.32 bits per heavy atom. The smallest absolute Gasteiger partial charge is 0.419 e. The predicted molar refractivity (Wildman–Crippen MR) is 104 cm³/mol. The number of halogens is 7. The second-order valence-electron chi connectivity index (χ2n) is 7.07. The van der Waals surface area contributed by atoms with Gasteiger partial charge in [0.25, 0.3) is 16.3 Å². The monoisotopic (exact) mass is 507 g/mol. The van der Waals surface area contributed by atoms with Crippen LogP contribution in [-0.2, 0) is 22.4 Å². The highest BCUT2D eigenvalue weighted by Crippen LogP contribution is 2.45. The molecule has 5 nitrogen and oxygen atoms in total. The van der Waals surface area contributed by atoms with Crippen molar-refractivity contribution in [3.8, 4) is 11.5 Å². The molecule has 0 bridgehead atoms. The average Bonchev–Trinajstić information content (AvgIpc) is 3.16. The molecule has 0 amide bonds. The van der Waals surface area contributed by atoms with Crippen molar-refractivity contribution in [2.24, 2.45) is 0 Å². The molecule has 34 heavy (non-hydrogen) atoms. The van der Waals surface area contributed by atoms with Gasteiger partial charge in [-0.05, 0) is 36.4 Å². The van der Waals surface area contributed by atoms with Gasteiger partial charge in [-0.25, -0.2) is 12.8 Å². The predicted octanol–water partition coefficient (Wildman–Crippen LogP) is 6.13. The van der Waals surface area contributed by atoms with Crippen LogP contribution < -0.4 is 14.2 Å². The Morgan fingerprint density at radius 1 is 0.765 bits per heavy atom. The van der Waals surface area contributed by atoms with Crippen molar-refractivity contribution in [3.63, 3.8) is 0 Å². The summed E-state index contributed by atoms with van der Waals surface area (Å²) >= 11 is 0. The standard InChI is InChI=1S/C21H12F7NO4S/c22-18-14(20(23,24)25)8-11(9-15(18)21(26,27)28)19-32-16-7-6-12(10-17(16)33-19)29-34(30,31)13-4-2-1-3-5-13/h1-10,19,29H. The summed E-state index contributed by atoms with van der Waals surface area (Å²) in [5.41, 5.74) is -4.99. The molecular weight excluding hydrogens is 495 g/mol. The molecule has 0 aliphatic carbocycles. The van der Waals surface area contributed by atoms with Crippen molar-refractivity contribution in [3.05, 3.63) is 83.2 Å². The summed E-state index contributed by atoms with van der Waals surface area (Å²) < 4.78 is 131. The third-order valence-corrected chi connectivity index (χ3v) is 6.09. The number of hydrogen-bond donors (Lipinski definition) is 1. The highest BCUT2D eigenvalue weighted by atomic mass is 32.2. The van der Waals surface area contributed by atoms with Gasteiger partial charge in [0.2, 0.25) is 0 Å². The summed E-state index contributed by atoms with van der Waals surface area (Å²) in [6, 6.07) is 11.3. The summed E-state index contributed by atoms with van der Waals surface area (Å²) in [7, 11) is -3.98. The maximum absolute atomic E-state index is 14.0. The Labute approximate surface area is 187 Å². The first-order valence-corrected chi connectivity index (χ1v) is 10.8. The van der Waals surface area contributed by atoms with Crippen LogP contribution in [0.2, 0.25) is 0 Å². The average molecular weight is 507 g/mol. The van der Waals surface area contributed by atoms with E-state index in [9.17, 15) is 39.2 Å². The fraction of sp³-hybridized carbons (Fsp3) is 0.143. The lowest BCUT2D eigenvalue weighted by Crippen LogP contribution is -2.19. The van der Waals surface area contributed by atoms with Gasteiger partial charge in [-0.15, -0.1) is 0 Å². The van der Waals surface area contributed by atoms with E-state index >= 15 is 0 Å². The van der Waals surface area contributed by atoms with E-state index in [1.807, 2.05) is 0 Å². The molecule has 1 heterocycles. The van der Waals surface area contributed by atoms with Crippen molar-refractivity contribution in [1.29, 1.82) is 0 Å². The first-order valence-electron chi connectivity index (χ1n) is 9.29. The van der Waals surface area contributed by atoms with Gasteiger partial charge in [-0.3, -0.25) is 4.72 Å². The highest BCUT2D eigenvalue weighted by Gasteiger charge is 2.43. The van der Waals surface area contributed by atoms with Gasteiger partial charge in [0.1, 0.15) is 5.82 Å². The molecule has 13 heteroatoms. The van der Waals surface area contributed by atoms with E-state index in [0.29, 0.717) is 0 Å². The minimum atomic E-state index is -5.41. The zero-order valence-electron chi connectivity index (χ0n) is 16.5. The molecule has 4 rings (SSSR count). The van der Waals surface area contributed by atoms with Crippen LogP contribution in [0.4, 0.5) is 36.4 Å². The molecule has 0 aromatic heterocycles. The Hall–Kier alpha value is -3.48. The molecule has 0 fully saturated rings. The highest BCUT2D eigenvalue weighted by molar-refractivity contribution is 7.92. The molecule has 0 saturated carbocycles. The topological polar surface area (TPSA) is 64.6 Å². The van der Waals surface area contributed by atoms with Gasteiger partial charge in [0.15, 0.2) is 11.5 Å². The molecule has 3 aromatic carbocycles. The lowest BCUT2D eigenvalue weighted by molar-refractivity contribution is -0.148. The van der Waals surface area contributed by atoms with E-state index in [2.05, 4.69) is 4.72 Å². The molecule has 0 radical (unpaired) electrons. The minimum Gasteiger partial charge on any atom is -0.447 e. The largest absolute Gasteiger partial charge is 0.447 e. The van der Waals surface area contributed by atoms with Crippen molar-refractivity contribution < 1.29 is 48.6 Å². The van der Waals surface area contributed by atoms with E-state index in [-0.39, 0.29) is 34.2 Å². The third-order valence-electron chi connectivity index (χ3n) is 4.70. The molecular formula is C21H12F7NO4S.